The van der Waals surface area contributed by atoms with Gasteiger partial charge in [0.1, 0.15) is 46.7 Å². The summed E-state index contributed by atoms with van der Waals surface area (Å²) in [5.74, 6) is -0.272. The number of likely N-dealkylation sites (tertiary alicyclic amines) is 1. The first-order valence-corrected chi connectivity index (χ1v) is 17.9. The number of aromatic nitrogens is 2. The molecule has 3 aliphatic rings. The van der Waals surface area contributed by atoms with Crippen LogP contribution in [0.1, 0.15) is 51.5 Å². The predicted octanol–water partition coefficient (Wildman–Crippen LogP) is 3.23. The summed E-state index contributed by atoms with van der Waals surface area (Å²) in [6.07, 6.45) is 2.74. The number of piperidine rings is 2. The van der Waals surface area contributed by atoms with Crippen molar-refractivity contribution in [3.8, 4) is 11.5 Å². The van der Waals surface area contributed by atoms with Crippen LogP contribution >= 0.6 is 15.9 Å². The second-order valence-electron chi connectivity index (χ2n) is 13.0. The minimum absolute atomic E-state index is 0.0597. The Labute approximate surface area is 307 Å². The highest BCUT2D eigenvalue weighted by atomic mass is 79.9. The van der Waals surface area contributed by atoms with E-state index in [1.165, 1.54) is 22.1 Å². The van der Waals surface area contributed by atoms with Gasteiger partial charge in [-0.2, -0.15) is 0 Å². The van der Waals surface area contributed by atoms with E-state index in [0.29, 0.717) is 34.9 Å². The lowest BCUT2D eigenvalue weighted by Crippen LogP contribution is -2.54. The Morgan fingerprint density at radius 2 is 1.62 bits per heavy atom. The number of anilines is 1. The molecule has 4 amide bonds. The number of pyridine rings is 1. The number of nitrogens with one attached hydrogen (secondary N) is 2. The number of fused-ring (bicyclic) bond motifs is 2. The minimum atomic E-state index is -1.02. The van der Waals surface area contributed by atoms with Gasteiger partial charge < -0.3 is 24.4 Å². The van der Waals surface area contributed by atoms with Gasteiger partial charge in [0.2, 0.25) is 11.8 Å². The van der Waals surface area contributed by atoms with Crippen molar-refractivity contribution < 1.29 is 33.4 Å². The number of nitrogens with zero attached hydrogens (tertiary/aromatic N) is 4. The summed E-state index contributed by atoms with van der Waals surface area (Å²) in [7, 11) is 2.09. The molecule has 0 aliphatic carbocycles. The Morgan fingerprint density at radius 1 is 0.885 bits per heavy atom. The van der Waals surface area contributed by atoms with E-state index in [1.54, 1.807) is 18.3 Å². The second kappa shape index (κ2) is 15.2. The van der Waals surface area contributed by atoms with Crippen molar-refractivity contribution in [1.29, 1.82) is 0 Å². The number of rotatable bonds is 12. The molecular weight excluding hydrogens is 736 g/mol. The first-order chi connectivity index (χ1) is 25.2. The Morgan fingerprint density at radius 3 is 2.38 bits per heavy atom. The van der Waals surface area contributed by atoms with E-state index >= 15 is 0 Å². The summed E-state index contributed by atoms with van der Waals surface area (Å²) in [4.78, 5) is 70.4. The molecule has 2 fully saturated rings. The van der Waals surface area contributed by atoms with Gasteiger partial charge in [-0.1, -0.05) is 18.2 Å². The molecule has 0 bridgehead atoms. The van der Waals surface area contributed by atoms with Gasteiger partial charge in [-0.15, -0.1) is 0 Å². The summed E-state index contributed by atoms with van der Waals surface area (Å²) in [5.41, 5.74) is 1.98. The van der Waals surface area contributed by atoms with Crippen molar-refractivity contribution in [3.63, 3.8) is 0 Å². The van der Waals surface area contributed by atoms with E-state index in [1.807, 2.05) is 24.3 Å². The summed E-state index contributed by atoms with van der Waals surface area (Å²) in [6, 6.07) is 17.2. The summed E-state index contributed by atoms with van der Waals surface area (Å²) < 4.78 is 19.2. The van der Waals surface area contributed by atoms with Crippen molar-refractivity contribution in [3.05, 3.63) is 98.4 Å². The topological polar surface area (TPSA) is 161 Å². The molecule has 0 radical (unpaired) electrons. The maximum atomic E-state index is 13.0. The molecule has 3 atom stereocenters. The number of imide groups is 2. The number of hydrogen-bond donors (Lipinski definition) is 2. The molecule has 3 unspecified atom stereocenters. The SMILES string of the molecule is CN1CC(Nc2nc3ccccn3c(=O)c2Br)CC(c2ccc(OCCOCCOc3ccc4c(c3)C(=O)N(C3CCC(=O)NC3=O)C4=O)cc2)C1. The zero-order valence-corrected chi connectivity index (χ0v) is 30.0. The van der Waals surface area contributed by atoms with Gasteiger partial charge in [-0.25, -0.2) is 4.98 Å². The highest BCUT2D eigenvalue weighted by molar-refractivity contribution is 9.10. The molecule has 7 rings (SSSR count). The van der Waals surface area contributed by atoms with Gasteiger partial charge in [0.25, 0.3) is 17.4 Å². The normalized spacial score (nSPS) is 20.6. The third-order valence-corrected chi connectivity index (χ3v) is 10.1. The lowest BCUT2D eigenvalue weighted by Gasteiger charge is -2.36. The van der Waals surface area contributed by atoms with E-state index in [9.17, 15) is 24.0 Å². The standard InChI is InChI=1S/C37H37BrN6O8/c1-42-20-23(18-24(21-42)39-33-32(38)37(49)43-13-3-2-4-30(43)40-33)22-5-7-25(8-6-22)51-16-14-50-15-17-52-26-9-10-27-28(19-26)36(48)44(35(27)47)29-11-12-31(45)41-34(29)46/h2-10,13,19,23-24,29,39H,11-12,14-18,20-21H2,1H3,(H,41,45,46). The maximum absolute atomic E-state index is 13.0. The number of carbonyl (C=O) groups is 4. The molecule has 2 saturated heterocycles. The molecule has 270 valence electrons. The van der Waals surface area contributed by atoms with Crippen molar-refractivity contribution in [2.75, 3.05) is 51.9 Å². The molecule has 3 aliphatic heterocycles. The number of likely N-dealkylation sites (N-methyl/N-ethyl adjacent to an activating group) is 1. The van der Waals surface area contributed by atoms with Gasteiger partial charge in [-0.05, 0) is 89.8 Å². The maximum Gasteiger partial charge on any atom is 0.274 e. The number of hydrogen-bond acceptors (Lipinski definition) is 11. The number of ether oxygens (including phenoxy) is 3. The Bertz CT molecular complexity index is 2090. The molecular formula is C37H37BrN6O8. The van der Waals surface area contributed by atoms with Crippen LogP contribution in [0.3, 0.4) is 0 Å². The zero-order valence-electron chi connectivity index (χ0n) is 28.4. The molecule has 0 spiro atoms. The number of halogens is 1. The molecule has 0 saturated carbocycles. The highest BCUT2D eigenvalue weighted by Crippen LogP contribution is 2.32. The van der Waals surface area contributed by atoms with Crippen LogP contribution in [-0.4, -0.2) is 101 Å². The van der Waals surface area contributed by atoms with E-state index in [4.69, 9.17) is 14.2 Å². The van der Waals surface area contributed by atoms with Gasteiger partial charge >= 0.3 is 0 Å². The molecule has 52 heavy (non-hydrogen) atoms. The highest BCUT2D eigenvalue weighted by Gasteiger charge is 2.44. The van der Waals surface area contributed by atoms with Gasteiger partial charge in [0.05, 0.1) is 24.3 Å². The fraction of sp³-hybridized carbons (Fsp3) is 0.351. The van der Waals surface area contributed by atoms with Crippen LogP contribution in [0.15, 0.2) is 76.1 Å². The molecule has 14 nitrogen and oxygen atoms in total. The van der Waals surface area contributed by atoms with Crippen LogP contribution in [0, 0.1) is 0 Å². The Kier molecular flexibility index (Phi) is 10.3. The predicted molar refractivity (Wildman–Crippen MR) is 193 cm³/mol. The fourth-order valence-electron chi connectivity index (χ4n) is 6.94. The molecule has 5 heterocycles. The van der Waals surface area contributed by atoms with Gasteiger partial charge in [0.15, 0.2) is 0 Å². The van der Waals surface area contributed by atoms with Gasteiger partial charge in [0, 0.05) is 31.7 Å². The number of carbonyl (C=O) groups excluding carboxylic acids is 4. The average molecular weight is 774 g/mol. The van der Waals surface area contributed by atoms with E-state index in [2.05, 4.69) is 55.6 Å². The number of benzene rings is 2. The molecule has 2 N–H and O–H groups in total. The first-order valence-electron chi connectivity index (χ1n) is 17.1. The van der Waals surface area contributed by atoms with Crippen molar-refractivity contribution in [2.24, 2.45) is 0 Å². The number of amides is 4. The van der Waals surface area contributed by atoms with Crippen LogP contribution in [0.25, 0.3) is 5.65 Å². The van der Waals surface area contributed by atoms with E-state index < -0.39 is 29.7 Å². The Hall–Kier alpha value is -5.12. The summed E-state index contributed by atoms with van der Waals surface area (Å²) in [6.45, 7) is 2.90. The summed E-state index contributed by atoms with van der Waals surface area (Å²) in [5, 5.41) is 5.69. The Balaban J connectivity index is 0.843. The fourth-order valence-corrected chi connectivity index (χ4v) is 7.33. The molecule has 2 aromatic heterocycles. The average Bonchev–Trinajstić information content (AvgIpc) is 3.38. The zero-order chi connectivity index (χ0) is 36.4. The van der Waals surface area contributed by atoms with Crippen LogP contribution < -0.4 is 25.7 Å². The summed E-state index contributed by atoms with van der Waals surface area (Å²) >= 11 is 3.45. The largest absolute Gasteiger partial charge is 0.491 e. The van der Waals surface area contributed by atoms with Crippen LogP contribution in [-0.2, 0) is 14.3 Å². The van der Waals surface area contributed by atoms with Crippen LogP contribution in [0.2, 0.25) is 0 Å². The smallest absolute Gasteiger partial charge is 0.274 e. The molecule has 2 aromatic carbocycles. The lowest BCUT2D eigenvalue weighted by molar-refractivity contribution is -0.136. The van der Waals surface area contributed by atoms with E-state index in [0.717, 1.165) is 30.2 Å². The van der Waals surface area contributed by atoms with Crippen LogP contribution in [0.5, 0.6) is 11.5 Å². The van der Waals surface area contributed by atoms with Crippen molar-refractivity contribution in [2.45, 2.75) is 37.3 Å². The first kappa shape index (κ1) is 35.3. The molecule has 4 aromatic rings. The lowest BCUT2D eigenvalue weighted by atomic mass is 9.88. The third kappa shape index (κ3) is 7.43. The van der Waals surface area contributed by atoms with Crippen molar-refractivity contribution >= 4 is 51.0 Å². The third-order valence-electron chi connectivity index (χ3n) is 9.41. The van der Waals surface area contributed by atoms with E-state index in [-0.39, 0.29) is 54.7 Å². The van der Waals surface area contributed by atoms with Crippen LogP contribution in [0.4, 0.5) is 5.82 Å². The molecule has 15 heteroatoms. The van der Waals surface area contributed by atoms with Gasteiger partial charge in [-0.3, -0.25) is 38.6 Å². The minimum Gasteiger partial charge on any atom is -0.491 e. The monoisotopic (exact) mass is 772 g/mol. The van der Waals surface area contributed by atoms with Crippen molar-refractivity contribution in [1.82, 2.24) is 24.5 Å². The second-order valence-corrected chi connectivity index (χ2v) is 13.8. The quantitative estimate of drug-likeness (QED) is 0.161.